The van der Waals surface area contributed by atoms with E-state index in [1.54, 1.807) is 0 Å². The van der Waals surface area contributed by atoms with Crippen LogP contribution >= 0.6 is 0 Å². The maximum atomic E-state index is 6.05. The summed E-state index contributed by atoms with van der Waals surface area (Å²) in [5.74, 6) is 2.17. The number of fused-ring (bicyclic) bond motifs is 2. The van der Waals surface area contributed by atoms with Gasteiger partial charge in [0.25, 0.3) is 5.71 Å². The molecule has 6 nitrogen and oxygen atoms in total. The molecule has 2 aromatic heterocycles. The summed E-state index contributed by atoms with van der Waals surface area (Å²) in [6, 6.07) is 31.9. The van der Waals surface area contributed by atoms with Gasteiger partial charge in [-0.15, -0.1) is 0 Å². The standard InChI is InChI=1S/C27H18N4O2/c1-2-7-19(8-3-1)25-24-26(28-17-29-27(24)33-31-25)30-21-11-14-22(15-12-21)32-23-13-10-18-6-4-5-9-20(18)16-23/h1-17H,(H,28,29,30). The van der Waals surface area contributed by atoms with Gasteiger partial charge in [-0.25, -0.2) is 4.98 Å². The lowest BCUT2D eigenvalue weighted by molar-refractivity contribution is 0.451. The molecule has 158 valence electrons. The third-order valence-electron chi connectivity index (χ3n) is 5.39. The van der Waals surface area contributed by atoms with Crippen LogP contribution in [-0.4, -0.2) is 15.1 Å². The molecule has 0 unspecified atom stereocenters. The Morgan fingerprint density at radius 3 is 2.30 bits per heavy atom. The molecule has 0 amide bonds. The van der Waals surface area contributed by atoms with E-state index in [2.05, 4.69) is 38.6 Å². The minimum absolute atomic E-state index is 0.433. The van der Waals surface area contributed by atoms with Crippen LogP contribution in [0.25, 0.3) is 33.1 Å². The first kappa shape index (κ1) is 19.0. The second kappa shape index (κ2) is 8.09. The van der Waals surface area contributed by atoms with E-state index in [1.165, 1.54) is 11.7 Å². The third-order valence-corrected chi connectivity index (χ3v) is 5.39. The zero-order valence-electron chi connectivity index (χ0n) is 17.5. The van der Waals surface area contributed by atoms with Crippen LogP contribution < -0.4 is 10.1 Å². The van der Waals surface area contributed by atoms with Gasteiger partial charge in [-0.1, -0.05) is 65.8 Å². The van der Waals surface area contributed by atoms with Crippen molar-refractivity contribution in [1.29, 1.82) is 0 Å². The Morgan fingerprint density at radius 1 is 0.697 bits per heavy atom. The summed E-state index contributed by atoms with van der Waals surface area (Å²) in [4.78, 5) is 8.64. The van der Waals surface area contributed by atoms with E-state index in [9.17, 15) is 0 Å². The molecule has 0 saturated heterocycles. The highest BCUT2D eigenvalue weighted by Gasteiger charge is 2.16. The Hall–Kier alpha value is -4.71. The Balaban J connectivity index is 1.26. The van der Waals surface area contributed by atoms with E-state index in [1.807, 2.05) is 78.9 Å². The molecule has 2 heterocycles. The van der Waals surface area contributed by atoms with Crippen LogP contribution in [0.2, 0.25) is 0 Å². The number of hydrogen-bond donors (Lipinski definition) is 1. The first-order valence-electron chi connectivity index (χ1n) is 10.5. The molecule has 0 aliphatic rings. The average molecular weight is 430 g/mol. The zero-order chi connectivity index (χ0) is 22.0. The van der Waals surface area contributed by atoms with Crippen molar-refractivity contribution in [3.63, 3.8) is 0 Å². The largest absolute Gasteiger partial charge is 0.457 e. The normalized spacial score (nSPS) is 11.0. The van der Waals surface area contributed by atoms with Crippen molar-refractivity contribution in [2.24, 2.45) is 0 Å². The van der Waals surface area contributed by atoms with Crippen LogP contribution in [0.3, 0.4) is 0 Å². The van der Waals surface area contributed by atoms with Crippen LogP contribution in [0.1, 0.15) is 0 Å². The van der Waals surface area contributed by atoms with E-state index in [0.29, 0.717) is 17.2 Å². The fourth-order valence-electron chi connectivity index (χ4n) is 3.78. The fourth-order valence-corrected chi connectivity index (χ4v) is 3.78. The lowest BCUT2D eigenvalue weighted by Gasteiger charge is -2.10. The van der Waals surface area contributed by atoms with Crippen molar-refractivity contribution >= 4 is 33.4 Å². The van der Waals surface area contributed by atoms with E-state index in [0.717, 1.165) is 33.5 Å². The summed E-state index contributed by atoms with van der Waals surface area (Å²) in [5.41, 5.74) is 2.93. The van der Waals surface area contributed by atoms with Gasteiger partial charge in [-0.3, -0.25) is 0 Å². The molecular weight excluding hydrogens is 412 g/mol. The fraction of sp³-hybridized carbons (Fsp3) is 0. The molecular formula is C27H18N4O2. The molecule has 0 aliphatic heterocycles. The van der Waals surface area contributed by atoms with Gasteiger partial charge in [0.1, 0.15) is 34.7 Å². The van der Waals surface area contributed by atoms with E-state index >= 15 is 0 Å². The number of rotatable bonds is 5. The quantitative estimate of drug-likeness (QED) is 0.318. The van der Waals surface area contributed by atoms with Gasteiger partial charge in [0.15, 0.2) is 0 Å². The molecule has 1 N–H and O–H groups in total. The summed E-state index contributed by atoms with van der Waals surface area (Å²) >= 11 is 0. The first-order chi connectivity index (χ1) is 16.3. The summed E-state index contributed by atoms with van der Waals surface area (Å²) < 4.78 is 11.5. The van der Waals surface area contributed by atoms with Gasteiger partial charge in [0.05, 0.1) is 0 Å². The van der Waals surface area contributed by atoms with E-state index in [4.69, 9.17) is 9.26 Å². The van der Waals surface area contributed by atoms with Gasteiger partial charge in [-0.05, 0) is 47.2 Å². The molecule has 4 aromatic carbocycles. The highest BCUT2D eigenvalue weighted by molar-refractivity contribution is 5.98. The summed E-state index contributed by atoms with van der Waals surface area (Å²) in [7, 11) is 0. The number of nitrogens with one attached hydrogen (secondary N) is 1. The molecule has 0 radical (unpaired) electrons. The SMILES string of the molecule is c1ccc(-c2noc3ncnc(Nc4ccc(Oc5ccc6ccccc6c5)cc4)c23)cc1. The second-order valence-corrected chi connectivity index (χ2v) is 7.56. The van der Waals surface area contributed by atoms with Crippen LogP contribution in [0.4, 0.5) is 11.5 Å². The van der Waals surface area contributed by atoms with Gasteiger partial charge in [0, 0.05) is 11.3 Å². The predicted octanol–water partition coefficient (Wildman–Crippen LogP) is 6.97. The Bertz CT molecular complexity index is 1560. The monoisotopic (exact) mass is 430 g/mol. The molecule has 0 saturated carbocycles. The van der Waals surface area contributed by atoms with Gasteiger partial charge < -0.3 is 14.6 Å². The number of ether oxygens (including phenoxy) is 1. The number of nitrogens with zero attached hydrogens (tertiary/aromatic N) is 3. The van der Waals surface area contributed by atoms with Gasteiger partial charge >= 0.3 is 0 Å². The van der Waals surface area contributed by atoms with Crippen LogP contribution in [0.15, 0.2) is 108 Å². The van der Waals surface area contributed by atoms with E-state index < -0.39 is 0 Å². The lowest BCUT2D eigenvalue weighted by atomic mass is 10.1. The first-order valence-corrected chi connectivity index (χ1v) is 10.5. The summed E-state index contributed by atoms with van der Waals surface area (Å²) in [6.45, 7) is 0. The average Bonchev–Trinajstić information content (AvgIpc) is 3.31. The van der Waals surface area contributed by atoms with E-state index in [-0.39, 0.29) is 0 Å². The number of aromatic nitrogens is 3. The number of hydrogen-bond acceptors (Lipinski definition) is 6. The zero-order valence-corrected chi connectivity index (χ0v) is 17.5. The molecule has 0 fully saturated rings. The smallest absolute Gasteiger partial charge is 0.263 e. The summed E-state index contributed by atoms with van der Waals surface area (Å²) in [6.07, 6.45) is 1.46. The van der Waals surface area contributed by atoms with Crippen molar-refractivity contribution in [2.75, 3.05) is 5.32 Å². The van der Waals surface area contributed by atoms with Gasteiger partial charge in [-0.2, -0.15) is 4.98 Å². The van der Waals surface area contributed by atoms with Crippen molar-refractivity contribution in [2.45, 2.75) is 0 Å². The third kappa shape index (κ3) is 3.74. The molecule has 33 heavy (non-hydrogen) atoms. The van der Waals surface area contributed by atoms with Crippen molar-refractivity contribution in [1.82, 2.24) is 15.1 Å². The predicted molar refractivity (Wildman–Crippen MR) is 129 cm³/mol. The molecule has 6 rings (SSSR count). The second-order valence-electron chi connectivity index (χ2n) is 7.56. The molecule has 6 aromatic rings. The molecule has 0 bridgehead atoms. The topological polar surface area (TPSA) is 73.1 Å². The Labute approximate surface area is 189 Å². The maximum absolute atomic E-state index is 6.05. The number of anilines is 2. The highest BCUT2D eigenvalue weighted by atomic mass is 16.5. The minimum Gasteiger partial charge on any atom is -0.457 e. The molecule has 0 spiro atoms. The van der Waals surface area contributed by atoms with Crippen molar-refractivity contribution in [3.8, 4) is 22.8 Å². The minimum atomic E-state index is 0.433. The van der Waals surface area contributed by atoms with Crippen LogP contribution in [-0.2, 0) is 0 Å². The van der Waals surface area contributed by atoms with Gasteiger partial charge in [0.2, 0.25) is 0 Å². The molecule has 6 heteroatoms. The Kier molecular flexibility index (Phi) is 4.66. The summed E-state index contributed by atoms with van der Waals surface area (Å²) in [5, 5.41) is 10.6. The maximum Gasteiger partial charge on any atom is 0.263 e. The van der Waals surface area contributed by atoms with Crippen LogP contribution in [0, 0.1) is 0 Å². The van der Waals surface area contributed by atoms with Crippen molar-refractivity contribution < 1.29 is 9.26 Å². The molecule has 0 atom stereocenters. The Morgan fingerprint density at radius 2 is 1.45 bits per heavy atom. The van der Waals surface area contributed by atoms with Crippen molar-refractivity contribution in [3.05, 3.63) is 103 Å². The lowest BCUT2D eigenvalue weighted by Crippen LogP contribution is -1.96. The van der Waals surface area contributed by atoms with Crippen LogP contribution in [0.5, 0.6) is 11.5 Å². The molecule has 0 aliphatic carbocycles. The highest BCUT2D eigenvalue weighted by Crippen LogP contribution is 2.33. The number of benzene rings is 4.